The average Bonchev–Trinajstić information content (AvgIpc) is 2.99. The Balaban J connectivity index is 3.93. The van der Waals surface area contributed by atoms with Crippen LogP contribution in [0.1, 0.15) is 207 Å². The van der Waals surface area contributed by atoms with E-state index in [-0.39, 0.29) is 0 Å². The van der Waals surface area contributed by atoms with E-state index >= 15 is 0 Å². The van der Waals surface area contributed by atoms with Crippen LogP contribution in [0.2, 0.25) is 0 Å². The second-order valence-corrected chi connectivity index (χ2v) is 14.6. The van der Waals surface area contributed by atoms with Crippen molar-refractivity contribution in [3.05, 3.63) is 0 Å². The van der Waals surface area contributed by atoms with Crippen LogP contribution in [0, 0.1) is 0 Å². The Labute approximate surface area is 270 Å². The minimum Gasteiger partial charge on any atom is -0.303 e. The summed E-state index contributed by atoms with van der Waals surface area (Å²) in [6.07, 6.45) is 37.3. The van der Waals surface area contributed by atoms with Crippen molar-refractivity contribution in [2.45, 2.75) is 207 Å². The molecule has 0 aliphatic heterocycles. The number of phosphoric ester groups is 1. The summed E-state index contributed by atoms with van der Waals surface area (Å²) in [6, 6.07) is 0. The van der Waals surface area contributed by atoms with Gasteiger partial charge in [0.05, 0.1) is 13.2 Å². The lowest BCUT2D eigenvalue weighted by atomic mass is 10.1. The highest BCUT2D eigenvalue weighted by Crippen LogP contribution is 2.43. The zero-order valence-corrected chi connectivity index (χ0v) is 30.5. The molecule has 0 saturated heterocycles. The van der Waals surface area contributed by atoms with Crippen molar-refractivity contribution in [1.29, 1.82) is 0 Å². The minimum atomic E-state index is -3.89. The molecule has 1 N–H and O–H groups in total. The van der Waals surface area contributed by atoms with Gasteiger partial charge in [0, 0.05) is 0 Å². The third kappa shape index (κ3) is 34.8. The van der Waals surface area contributed by atoms with Crippen molar-refractivity contribution in [1.82, 2.24) is 4.90 Å². The molecule has 43 heavy (non-hydrogen) atoms. The van der Waals surface area contributed by atoms with Crippen LogP contribution in [0.3, 0.4) is 0 Å². The third-order valence-electron chi connectivity index (χ3n) is 8.78. The molecule has 0 bridgehead atoms. The highest BCUT2D eigenvalue weighted by atomic mass is 31.2. The van der Waals surface area contributed by atoms with Gasteiger partial charge in [0.25, 0.3) is 0 Å². The van der Waals surface area contributed by atoms with Gasteiger partial charge < -0.3 is 9.79 Å². The van der Waals surface area contributed by atoms with Gasteiger partial charge >= 0.3 is 7.82 Å². The van der Waals surface area contributed by atoms with Gasteiger partial charge in [-0.2, -0.15) is 0 Å². The standard InChI is InChI=1S/C37H78NO4P/c1-4-7-10-13-16-19-23-28-33-38(34-29-24-20-17-14-11-8-5-2)35-30-25-22-27-32-37-42-43(39,40)41-36-31-26-21-18-15-12-9-6-3/h4-37H2,1-3H3,(H,39,40). The third-order valence-corrected chi connectivity index (χ3v) is 9.80. The quantitative estimate of drug-likeness (QED) is 0.0546. The molecule has 0 heterocycles. The highest BCUT2D eigenvalue weighted by molar-refractivity contribution is 7.47. The molecule has 0 rings (SSSR count). The number of hydrogen-bond acceptors (Lipinski definition) is 4. The summed E-state index contributed by atoms with van der Waals surface area (Å²) in [4.78, 5) is 12.7. The fraction of sp³-hybridized carbons (Fsp3) is 1.00. The number of phosphoric acid groups is 1. The van der Waals surface area contributed by atoms with Gasteiger partial charge in [0.15, 0.2) is 0 Å². The maximum Gasteiger partial charge on any atom is 0.472 e. The summed E-state index contributed by atoms with van der Waals surface area (Å²) >= 11 is 0. The summed E-state index contributed by atoms with van der Waals surface area (Å²) in [7, 11) is -3.89. The molecule has 0 spiro atoms. The Morgan fingerprint density at radius 1 is 0.395 bits per heavy atom. The monoisotopic (exact) mass is 632 g/mol. The normalized spacial score (nSPS) is 13.2. The van der Waals surface area contributed by atoms with Crippen LogP contribution in [0.4, 0.5) is 0 Å². The Morgan fingerprint density at radius 2 is 0.628 bits per heavy atom. The second-order valence-electron chi connectivity index (χ2n) is 13.2. The lowest BCUT2D eigenvalue weighted by Gasteiger charge is -2.22. The Bertz CT molecular complexity index is 557. The molecule has 6 heteroatoms. The molecule has 0 aromatic carbocycles. The van der Waals surface area contributed by atoms with Crippen LogP contribution in [0.15, 0.2) is 0 Å². The van der Waals surface area contributed by atoms with Crippen molar-refractivity contribution in [2.24, 2.45) is 0 Å². The van der Waals surface area contributed by atoms with Crippen LogP contribution in [0.5, 0.6) is 0 Å². The first kappa shape index (κ1) is 43.1. The van der Waals surface area contributed by atoms with Crippen molar-refractivity contribution >= 4 is 7.82 Å². The van der Waals surface area contributed by atoms with Crippen molar-refractivity contribution in [3.63, 3.8) is 0 Å². The van der Waals surface area contributed by atoms with Crippen LogP contribution in [0.25, 0.3) is 0 Å². The fourth-order valence-electron chi connectivity index (χ4n) is 5.87. The molecule has 260 valence electrons. The first-order valence-electron chi connectivity index (χ1n) is 19.4. The lowest BCUT2D eigenvalue weighted by Crippen LogP contribution is -2.27. The molecular weight excluding hydrogens is 553 g/mol. The van der Waals surface area contributed by atoms with Crippen molar-refractivity contribution in [2.75, 3.05) is 32.8 Å². The summed E-state index contributed by atoms with van der Waals surface area (Å²) < 4.78 is 22.5. The van der Waals surface area contributed by atoms with E-state index < -0.39 is 7.82 Å². The SMILES string of the molecule is CCCCCCCCCCOP(=O)(O)OCCCCCCCN(CCCCCCCCCC)CCCCCCCCCC. The van der Waals surface area contributed by atoms with Gasteiger partial charge in [-0.05, 0) is 51.7 Å². The molecular formula is C37H78NO4P. The average molecular weight is 632 g/mol. The van der Waals surface area contributed by atoms with Crippen LogP contribution in [-0.2, 0) is 13.6 Å². The molecule has 1 atom stereocenters. The Hall–Kier alpha value is 0.0700. The van der Waals surface area contributed by atoms with Crippen LogP contribution in [-0.4, -0.2) is 42.6 Å². The van der Waals surface area contributed by atoms with E-state index in [1.165, 1.54) is 180 Å². The number of unbranched alkanes of at least 4 members (excludes halogenated alkanes) is 25. The van der Waals surface area contributed by atoms with Crippen LogP contribution < -0.4 is 0 Å². The maximum absolute atomic E-state index is 12.1. The van der Waals surface area contributed by atoms with E-state index in [1.54, 1.807) is 0 Å². The summed E-state index contributed by atoms with van der Waals surface area (Å²) in [5, 5.41) is 0. The smallest absolute Gasteiger partial charge is 0.303 e. The highest BCUT2D eigenvalue weighted by Gasteiger charge is 2.20. The van der Waals surface area contributed by atoms with Gasteiger partial charge in [0.2, 0.25) is 0 Å². The summed E-state index contributed by atoms with van der Waals surface area (Å²) in [6.45, 7) is 11.2. The van der Waals surface area contributed by atoms with E-state index in [0.29, 0.717) is 13.2 Å². The molecule has 0 aromatic heterocycles. The maximum atomic E-state index is 12.1. The van der Waals surface area contributed by atoms with E-state index in [4.69, 9.17) is 9.05 Å². The zero-order chi connectivity index (χ0) is 31.5. The second kappa shape index (κ2) is 34.9. The molecule has 0 aromatic rings. The van der Waals surface area contributed by atoms with E-state index in [0.717, 1.165) is 25.7 Å². The predicted molar refractivity (Wildman–Crippen MR) is 189 cm³/mol. The first-order chi connectivity index (χ1) is 21.1. The van der Waals surface area contributed by atoms with Crippen LogP contribution >= 0.6 is 7.82 Å². The molecule has 0 saturated carbocycles. The Morgan fingerprint density at radius 3 is 0.907 bits per heavy atom. The van der Waals surface area contributed by atoms with Gasteiger partial charge in [-0.15, -0.1) is 0 Å². The van der Waals surface area contributed by atoms with Gasteiger partial charge in [-0.25, -0.2) is 4.57 Å². The molecule has 0 fully saturated rings. The summed E-state index contributed by atoms with van der Waals surface area (Å²) in [5.41, 5.74) is 0. The molecule has 1 unspecified atom stereocenters. The molecule has 0 aliphatic rings. The molecule has 5 nitrogen and oxygen atoms in total. The summed E-state index contributed by atoms with van der Waals surface area (Å²) in [5.74, 6) is 0. The molecule has 0 amide bonds. The number of nitrogens with zero attached hydrogens (tertiary/aromatic N) is 1. The van der Waals surface area contributed by atoms with E-state index in [1.807, 2.05) is 0 Å². The topological polar surface area (TPSA) is 59.0 Å². The zero-order valence-electron chi connectivity index (χ0n) is 29.6. The van der Waals surface area contributed by atoms with Crippen molar-refractivity contribution in [3.8, 4) is 0 Å². The van der Waals surface area contributed by atoms with Gasteiger partial charge in [0.1, 0.15) is 0 Å². The van der Waals surface area contributed by atoms with Gasteiger partial charge in [-0.3, -0.25) is 9.05 Å². The van der Waals surface area contributed by atoms with Crippen molar-refractivity contribution < 1.29 is 18.5 Å². The predicted octanol–water partition coefficient (Wildman–Crippen LogP) is 12.8. The van der Waals surface area contributed by atoms with E-state index in [2.05, 4.69) is 25.7 Å². The molecule has 0 aliphatic carbocycles. The molecule has 0 radical (unpaired) electrons. The number of hydrogen-bond donors (Lipinski definition) is 1. The van der Waals surface area contributed by atoms with Gasteiger partial charge in [-0.1, -0.05) is 175 Å². The fourth-order valence-corrected chi connectivity index (χ4v) is 6.67. The number of rotatable bonds is 37. The minimum absolute atomic E-state index is 0.314. The first-order valence-corrected chi connectivity index (χ1v) is 20.9. The largest absolute Gasteiger partial charge is 0.472 e. The van der Waals surface area contributed by atoms with E-state index in [9.17, 15) is 9.46 Å². The lowest BCUT2D eigenvalue weighted by molar-refractivity contribution is 0.145. The Kier molecular flexibility index (Phi) is 35.0.